The highest BCUT2D eigenvalue weighted by atomic mass is 16.5. The molecule has 0 spiro atoms. The van der Waals surface area contributed by atoms with Gasteiger partial charge in [-0.3, -0.25) is 9.59 Å². The third-order valence-corrected chi connectivity index (χ3v) is 5.25. The first kappa shape index (κ1) is 22.0. The van der Waals surface area contributed by atoms with Gasteiger partial charge in [0.2, 0.25) is 5.75 Å². The smallest absolute Gasteiger partial charge is 0.255 e. The fraction of sp³-hybridized carbons (Fsp3) is 0.154. The Bertz CT molecular complexity index is 1360. The minimum absolute atomic E-state index is 0.198. The van der Waals surface area contributed by atoms with Gasteiger partial charge in [0.05, 0.1) is 26.7 Å². The van der Waals surface area contributed by atoms with Crippen LogP contribution >= 0.6 is 0 Å². The van der Waals surface area contributed by atoms with Gasteiger partial charge in [0.1, 0.15) is 11.3 Å². The van der Waals surface area contributed by atoms with Crippen molar-refractivity contribution in [3.63, 3.8) is 0 Å². The van der Waals surface area contributed by atoms with Crippen molar-refractivity contribution in [1.82, 2.24) is 0 Å². The number of hydrogen-bond donors (Lipinski definition) is 1. The Morgan fingerprint density at radius 3 is 2.12 bits per heavy atom. The van der Waals surface area contributed by atoms with Gasteiger partial charge in [0.15, 0.2) is 16.9 Å². The van der Waals surface area contributed by atoms with Gasteiger partial charge in [0, 0.05) is 22.9 Å². The zero-order valence-electron chi connectivity index (χ0n) is 18.7. The summed E-state index contributed by atoms with van der Waals surface area (Å²) >= 11 is 0. The molecule has 168 valence electrons. The first-order valence-electron chi connectivity index (χ1n) is 10.2. The number of carbonyl (C=O) groups is 1. The molecule has 0 aliphatic heterocycles. The highest BCUT2D eigenvalue weighted by Crippen LogP contribution is 2.38. The molecule has 3 aromatic carbocycles. The van der Waals surface area contributed by atoms with E-state index in [1.807, 2.05) is 31.2 Å². The topological polar surface area (TPSA) is 87.0 Å². The third kappa shape index (κ3) is 4.39. The van der Waals surface area contributed by atoms with Crippen molar-refractivity contribution in [2.45, 2.75) is 6.92 Å². The van der Waals surface area contributed by atoms with E-state index in [-0.39, 0.29) is 5.43 Å². The van der Waals surface area contributed by atoms with Gasteiger partial charge in [-0.2, -0.15) is 0 Å². The van der Waals surface area contributed by atoms with Crippen molar-refractivity contribution in [1.29, 1.82) is 0 Å². The molecule has 0 aliphatic rings. The van der Waals surface area contributed by atoms with Gasteiger partial charge in [-0.25, -0.2) is 0 Å². The molecule has 0 aliphatic carbocycles. The first-order chi connectivity index (χ1) is 15.9. The van der Waals surface area contributed by atoms with Crippen LogP contribution in [0.3, 0.4) is 0 Å². The maximum atomic E-state index is 12.9. The number of anilines is 1. The van der Waals surface area contributed by atoms with Gasteiger partial charge >= 0.3 is 0 Å². The molecule has 0 saturated carbocycles. The Kier molecular flexibility index (Phi) is 6.04. The highest BCUT2D eigenvalue weighted by molar-refractivity contribution is 6.05. The molecule has 0 radical (unpaired) electrons. The average Bonchev–Trinajstić information content (AvgIpc) is 2.83. The molecule has 4 aromatic rings. The van der Waals surface area contributed by atoms with E-state index in [9.17, 15) is 9.59 Å². The Morgan fingerprint density at radius 2 is 1.52 bits per heavy atom. The Balaban J connectivity index is 1.65. The average molecular weight is 445 g/mol. The van der Waals surface area contributed by atoms with Crippen LogP contribution in [0, 0.1) is 6.92 Å². The molecular weight excluding hydrogens is 422 g/mol. The molecule has 0 bridgehead atoms. The number of hydrogen-bond acceptors (Lipinski definition) is 6. The van der Waals surface area contributed by atoms with E-state index in [1.165, 1.54) is 27.4 Å². The minimum atomic E-state index is -0.394. The van der Waals surface area contributed by atoms with Crippen LogP contribution in [0.25, 0.3) is 22.3 Å². The van der Waals surface area contributed by atoms with Crippen molar-refractivity contribution in [2.75, 3.05) is 26.6 Å². The van der Waals surface area contributed by atoms with Crippen LogP contribution in [0.2, 0.25) is 0 Å². The second-order valence-corrected chi connectivity index (χ2v) is 7.42. The monoisotopic (exact) mass is 445 g/mol. The molecule has 0 saturated heterocycles. The van der Waals surface area contributed by atoms with Crippen molar-refractivity contribution in [3.8, 4) is 28.6 Å². The second kappa shape index (κ2) is 9.08. The highest BCUT2D eigenvalue weighted by Gasteiger charge is 2.17. The van der Waals surface area contributed by atoms with E-state index in [1.54, 1.807) is 30.3 Å². The number of aryl methyl sites for hydroxylation is 1. The van der Waals surface area contributed by atoms with Gasteiger partial charge < -0.3 is 23.9 Å². The summed E-state index contributed by atoms with van der Waals surface area (Å²) in [6.45, 7) is 1.99. The molecule has 1 heterocycles. The van der Waals surface area contributed by atoms with E-state index in [2.05, 4.69) is 5.32 Å². The fourth-order valence-corrected chi connectivity index (χ4v) is 3.51. The molecule has 7 nitrogen and oxygen atoms in total. The van der Waals surface area contributed by atoms with Crippen molar-refractivity contribution in [3.05, 3.63) is 82.0 Å². The molecule has 0 fully saturated rings. The molecule has 4 rings (SSSR count). The molecule has 7 heteroatoms. The van der Waals surface area contributed by atoms with Gasteiger partial charge in [-0.15, -0.1) is 0 Å². The maximum absolute atomic E-state index is 12.9. The van der Waals surface area contributed by atoms with Gasteiger partial charge in [-0.1, -0.05) is 29.8 Å². The molecule has 33 heavy (non-hydrogen) atoms. The zero-order valence-corrected chi connectivity index (χ0v) is 18.7. The number of carbonyl (C=O) groups excluding carboxylic acids is 1. The van der Waals surface area contributed by atoms with Crippen LogP contribution < -0.4 is 25.0 Å². The van der Waals surface area contributed by atoms with E-state index < -0.39 is 5.91 Å². The van der Waals surface area contributed by atoms with Crippen molar-refractivity contribution < 1.29 is 23.4 Å². The summed E-state index contributed by atoms with van der Waals surface area (Å²) in [4.78, 5) is 25.6. The summed E-state index contributed by atoms with van der Waals surface area (Å²) < 4.78 is 21.8. The van der Waals surface area contributed by atoms with Crippen molar-refractivity contribution >= 4 is 22.6 Å². The van der Waals surface area contributed by atoms with Crippen LogP contribution in [0.15, 0.2) is 69.9 Å². The van der Waals surface area contributed by atoms with Crippen molar-refractivity contribution in [2.24, 2.45) is 0 Å². The lowest BCUT2D eigenvalue weighted by molar-refractivity contribution is 0.102. The molecule has 1 amide bonds. The number of ether oxygens (including phenoxy) is 3. The van der Waals surface area contributed by atoms with Crippen LogP contribution in [0.5, 0.6) is 17.2 Å². The largest absolute Gasteiger partial charge is 0.493 e. The number of benzene rings is 3. The summed E-state index contributed by atoms with van der Waals surface area (Å²) in [5.41, 5.74) is 2.94. The van der Waals surface area contributed by atoms with Crippen LogP contribution in [0.4, 0.5) is 5.69 Å². The molecule has 0 atom stereocenters. The van der Waals surface area contributed by atoms with E-state index in [4.69, 9.17) is 18.6 Å². The van der Waals surface area contributed by atoms with Crippen LogP contribution in [0.1, 0.15) is 15.9 Å². The molecule has 1 aromatic heterocycles. The summed E-state index contributed by atoms with van der Waals surface area (Å²) in [5.74, 6) is 1.22. The first-order valence-corrected chi connectivity index (χ1v) is 10.2. The summed E-state index contributed by atoms with van der Waals surface area (Å²) in [6, 6.07) is 17.2. The number of methoxy groups -OCH3 is 3. The second-order valence-electron chi connectivity index (χ2n) is 7.42. The lowest BCUT2D eigenvalue weighted by atomic mass is 10.1. The lowest BCUT2D eigenvalue weighted by Gasteiger charge is -2.14. The normalized spacial score (nSPS) is 10.7. The number of amides is 1. The standard InChI is InChI=1S/C26H23NO6/c1-15-5-7-16(8-6-15)22-14-20(28)19-13-18(9-10-21(19)33-22)27-26(29)17-11-23(30-2)25(32-4)24(12-17)31-3/h5-14H,1-4H3,(H,27,29). The predicted octanol–water partition coefficient (Wildman–Crippen LogP) is 5.05. The molecule has 1 N–H and O–H groups in total. The van der Waals surface area contributed by atoms with E-state index >= 15 is 0 Å². The molecule has 0 unspecified atom stereocenters. The summed E-state index contributed by atoms with van der Waals surface area (Å²) in [6.07, 6.45) is 0. The Hall–Kier alpha value is -4.26. The van der Waals surface area contributed by atoms with E-state index in [0.29, 0.717) is 45.2 Å². The molecular formula is C26H23NO6. The number of fused-ring (bicyclic) bond motifs is 1. The Labute approximate surface area is 190 Å². The Morgan fingerprint density at radius 1 is 0.848 bits per heavy atom. The maximum Gasteiger partial charge on any atom is 0.255 e. The number of rotatable bonds is 6. The van der Waals surface area contributed by atoms with Gasteiger partial charge in [0.25, 0.3) is 5.91 Å². The quantitative estimate of drug-likeness (QED) is 0.447. The zero-order chi connectivity index (χ0) is 23.5. The summed E-state index contributed by atoms with van der Waals surface area (Å²) in [7, 11) is 4.45. The van der Waals surface area contributed by atoms with E-state index in [0.717, 1.165) is 11.1 Å². The SMILES string of the molecule is COc1cc(C(=O)Nc2ccc3oc(-c4ccc(C)cc4)cc(=O)c3c2)cc(OC)c1OC. The fourth-order valence-electron chi connectivity index (χ4n) is 3.51. The number of nitrogens with one attached hydrogen (secondary N) is 1. The minimum Gasteiger partial charge on any atom is -0.493 e. The lowest BCUT2D eigenvalue weighted by Crippen LogP contribution is -2.13. The van der Waals surface area contributed by atoms with Crippen LogP contribution in [-0.4, -0.2) is 27.2 Å². The van der Waals surface area contributed by atoms with Crippen LogP contribution in [-0.2, 0) is 0 Å². The van der Waals surface area contributed by atoms with Gasteiger partial charge in [-0.05, 0) is 37.3 Å². The predicted molar refractivity (Wildman–Crippen MR) is 127 cm³/mol. The third-order valence-electron chi connectivity index (χ3n) is 5.25. The summed E-state index contributed by atoms with van der Waals surface area (Å²) in [5, 5.41) is 3.17.